The Hall–Kier alpha value is -1.23. The van der Waals surface area contributed by atoms with Crippen LogP contribution in [0.3, 0.4) is 0 Å². The Morgan fingerprint density at radius 1 is 1.19 bits per heavy atom. The van der Waals surface area contributed by atoms with Crippen LogP contribution in [0.15, 0.2) is 24.3 Å². The van der Waals surface area contributed by atoms with Gasteiger partial charge >= 0.3 is 6.18 Å². The van der Waals surface area contributed by atoms with Crippen molar-refractivity contribution in [2.24, 2.45) is 5.41 Å². The molecule has 0 heterocycles. The minimum Gasteiger partial charge on any atom is -0.351 e. The highest BCUT2D eigenvalue weighted by Gasteiger charge is 2.30. The Kier molecular flexibility index (Phi) is 5.68. The molecule has 21 heavy (non-hydrogen) atoms. The quantitative estimate of drug-likeness (QED) is 0.814. The second-order valence-corrected chi connectivity index (χ2v) is 6.76. The number of carbonyl (C=O) groups excluding carboxylic acids is 1. The molecule has 1 atom stereocenters. The summed E-state index contributed by atoms with van der Waals surface area (Å²) in [6.45, 7) is 6.40. The van der Waals surface area contributed by atoms with Gasteiger partial charge in [-0.1, -0.05) is 20.8 Å². The third-order valence-electron chi connectivity index (χ3n) is 2.79. The summed E-state index contributed by atoms with van der Waals surface area (Å²) in [6, 6.07) is 4.10. The molecule has 1 aromatic rings. The first-order chi connectivity index (χ1) is 9.49. The van der Waals surface area contributed by atoms with Crippen molar-refractivity contribution in [3.05, 3.63) is 35.4 Å². The fourth-order valence-corrected chi connectivity index (χ4v) is 2.39. The van der Waals surface area contributed by atoms with E-state index in [0.29, 0.717) is 0 Å². The maximum Gasteiger partial charge on any atom is 0.416 e. The fourth-order valence-electron chi connectivity index (χ4n) is 1.85. The molecule has 0 spiro atoms. The topological polar surface area (TPSA) is 29.1 Å². The molecule has 2 nitrogen and oxygen atoms in total. The summed E-state index contributed by atoms with van der Waals surface area (Å²) in [7, 11) is 0. The number of hydrogen-bond donors (Lipinski definition) is 1. The molecule has 1 N–H and O–H groups in total. The predicted molar refractivity (Wildman–Crippen MR) is 77.5 cm³/mol. The molecule has 0 aliphatic rings. The summed E-state index contributed by atoms with van der Waals surface area (Å²) in [5.74, 6) is -0.428. The molecule has 0 saturated heterocycles. The highest BCUT2D eigenvalue weighted by Crippen LogP contribution is 2.29. The molecule has 0 saturated carbocycles. The van der Waals surface area contributed by atoms with Crippen LogP contribution < -0.4 is 5.32 Å². The molecule has 0 fully saturated rings. The lowest BCUT2D eigenvalue weighted by atomic mass is 9.90. The molecule has 0 aromatic heterocycles. The van der Waals surface area contributed by atoms with E-state index in [1.54, 1.807) is 0 Å². The van der Waals surface area contributed by atoms with Crippen molar-refractivity contribution in [1.82, 2.24) is 5.32 Å². The van der Waals surface area contributed by atoms with Crippen LogP contribution in [0, 0.1) is 5.41 Å². The molecule has 6 heteroatoms. The zero-order valence-corrected chi connectivity index (χ0v) is 13.0. The average molecular weight is 322 g/mol. The van der Waals surface area contributed by atoms with Gasteiger partial charge in [-0.3, -0.25) is 4.79 Å². The summed E-state index contributed by atoms with van der Waals surface area (Å²) < 4.78 is 37.2. The molecular formula is C15H19ClF3NO. The van der Waals surface area contributed by atoms with E-state index >= 15 is 0 Å². The van der Waals surface area contributed by atoms with E-state index in [1.807, 2.05) is 20.8 Å². The molecular weight excluding hydrogens is 303 g/mol. The van der Waals surface area contributed by atoms with Crippen LogP contribution in [0.2, 0.25) is 0 Å². The Bertz CT molecular complexity index is 477. The number of nitrogens with one attached hydrogen (secondary N) is 1. The van der Waals surface area contributed by atoms with Gasteiger partial charge < -0.3 is 5.32 Å². The van der Waals surface area contributed by atoms with Gasteiger partial charge in [0.1, 0.15) is 0 Å². The van der Waals surface area contributed by atoms with Gasteiger partial charge in [0.15, 0.2) is 0 Å². The zero-order valence-electron chi connectivity index (χ0n) is 12.2. The number of benzene rings is 1. The van der Waals surface area contributed by atoms with Gasteiger partial charge in [-0.2, -0.15) is 13.2 Å². The molecule has 0 aliphatic heterocycles. The summed E-state index contributed by atoms with van der Waals surface area (Å²) in [6.07, 6.45) is -3.68. The number of rotatable bonds is 4. The van der Waals surface area contributed by atoms with Crippen LogP contribution in [0.4, 0.5) is 13.2 Å². The van der Waals surface area contributed by atoms with E-state index in [2.05, 4.69) is 5.32 Å². The smallest absolute Gasteiger partial charge is 0.351 e. The van der Waals surface area contributed by atoms with Gasteiger partial charge in [0.2, 0.25) is 0 Å². The number of hydrogen-bond acceptors (Lipinski definition) is 1. The molecule has 1 amide bonds. The lowest BCUT2D eigenvalue weighted by molar-refractivity contribution is -0.137. The van der Waals surface area contributed by atoms with Crippen molar-refractivity contribution in [1.29, 1.82) is 0 Å². The third kappa shape index (κ3) is 6.38. The van der Waals surface area contributed by atoms with Crippen LogP contribution in [0.5, 0.6) is 0 Å². The van der Waals surface area contributed by atoms with Crippen molar-refractivity contribution < 1.29 is 18.0 Å². The number of amides is 1. The number of carbonyl (C=O) groups is 1. The van der Waals surface area contributed by atoms with Crippen molar-refractivity contribution in [3.63, 3.8) is 0 Å². The summed E-state index contributed by atoms with van der Waals surface area (Å²) >= 11 is 6.12. The van der Waals surface area contributed by atoms with Gasteiger partial charge in [-0.25, -0.2) is 0 Å². The molecule has 0 aliphatic carbocycles. The molecule has 1 aromatic carbocycles. The SMILES string of the molecule is CC(C)(C)CC(Cl)CNC(=O)c1ccc(C(F)(F)F)cc1. The molecule has 0 bridgehead atoms. The van der Waals surface area contributed by atoms with Gasteiger partial charge in [0.05, 0.1) is 10.9 Å². The summed E-state index contributed by atoms with van der Waals surface area (Å²) in [5, 5.41) is 2.41. The summed E-state index contributed by atoms with van der Waals surface area (Å²) in [4.78, 5) is 11.8. The second kappa shape index (κ2) is 6.69. The third-order valence-corrected chi connectivity index (χ3v) is 3.10. The minimum atomic E-state index is -4.40. The molecule has 1 unspecified atom stereocenters. The monoisotopic (exact) mass is 321 g/mol. The van der Waals surface area contributed by atoms with Gasteiger partial charge in [-0.05, 0) is 36.1 Å². The van der Waals surface area contributed by atoms with Gasteiger partial charge in [0, 0.05) is 12.1 Å². The van der Waals surface area contributed by atoms with Crippen LogP contribution in [-0.2, 0) is 6.18 Å². The minimum absolute atomic E-state index is 0.0471. The lowest BCUT2D eigenvalue weighted by Gasteiger charge is -2.22. The Balaban J connectivity index is 2.57. The lowest BCUT2D eigenvalue weighted by Crippen LogP contribution is -2.31. The molecule has 0 radical (unpaired) electrons. The van der Waals surface area contributed by atoms with E-state index in [9.17, 15) is 18.0 Å². The zero-order chi connectivity index (χ0) is 16.3. The number of halogens is 4. The van der Waals surface area contributed by atoms with E-state index in [0.717, 1.165) is 30.7 Å². The Morgan fingerprint density at radius 2 is 1.71 bits per heavy atom. The molecule has 118 valence electrons. The van der Waals surface area contributed by atoms with Crippen molar-refractivity contribution >= 4 is 17.5 Å². The van der Waals surface area contributed by atoms with Crippen LogP contribution in [0.1, 0.15) is 43.1 Å². The fraction of sp³-hybridized carbons (Fsp3) is 0.533. The van der Waals surface area contributed by atoms with Crippen molar-refractivity contribution in [2.45, 2.75) is 38.7 Å². The van der Waals surface area contributed by atoms with Gasteiger partial charge in [0.25, 0.3) is 5.91 Å². The Labute approximate surface area is 127 Å². The van der Waals surface area contributed by atoms with Crippen molar-refractivity contribution in [3.8, 4) is 0 Å². The maximum absolute atomic E-state index is 12.4. The predicted octanol–water partition coefficient (Wildman–Crippen LogP) is 4.48. The van der Waals surface area contributed by atoms with E-state index < -0.39 is 17.6 Å². The number of alkyl halides is 4. The molecule has 1 rings (SSSR count). The first-order valence-electron chi connectivity index (χ1n) is 6.58. The van der Waals surface area contributed by atoms with E-state index in [4.69, 9.17) is 11.6 Å². The highest BCUT2D eigenvalue weighted by molar-refractivity contribution is 6.21. The van der Waals surface area contributed by atoms with Crippen LogP contribution in [-0.4, -0.2) is 17.8 Å². The average Bonchev–Trinajstić information content (AvgIpc) is 2.33. The maximum atomic E-state index is 12.4. The van der Waals surface area contributed by atoms with Crippen LogP contribution >= 0.6 is 11.6 Å². The summed E-state index contributed by atoms with van der Waals surface area (Å²) in [5.41, 5.74) is -0.546. The second-order valence-electron chi connectivity index (χ2n) is 6.15. The van der Waals surface area contributed by atoms with E-state index in [-0.39, 0.29) is 22.9 Å². The normalized spacial score (nSPS) is 13.9. The largest absolute Gasteiger partial charge is 0.416 e. The standard InChI is InChI=1S/C15H19ClF3NO/c1-14(2,3)8-12(16)9-20-13(21)10-4-6-11(7-5-10)15(17,18)19/h4-7,12H,8-9H2,1-3H3,(H,20,21). The highest BCUT2D eigenvalue weighted by atomic mass is 35.5. The van der Waals surface area contributed by atoms with E-state index in [1.165, 1.54) is 0 Å². The first kappa shape index (κ1) is 17.8. The van der Waals surface area contributed by atoms with Gasteiger partial charge in [-0.15, -0.1) is 11.6 Å². The van der Waals surface area contributed by atoms with Crippen LogP contribution in [0.25, 0.3) is 0 Å². The van der Waals surface area contributed by atoms with Crippen molar-refractivity contribution in [2.75, 3.05) is 6.54 Å². The Morgan fingerprint density at radius 3 is 2.14 bits per heavy atom. The first-order valence-corrected chi connectivity index (χ1v) is 7.02.